The van der Waals surface area contributed by atoms with Crippen molar-refractivity contribution < 1.29 is 28.6 Å². The average Bonchev–Trinajstić information content (AvgIpc) is 3.38. The highest BCUT2D eigenvalue weighted by atomic mass is 16.6. The maximum absolute atomic E-state index is 12.9. The van der Waals surface area contributed by atoms with E-state index < -0.39 is 6.10 Å². The minimum absolute atomic E-state index is 0.0862. The SMILES string of the molecule is CC/C=C\C/C=C\C/C=C\C/C=C\CCCCCCCCCCCCCCC(=O)OCC(COC(=O)CCCCCCC/C=C\CCC)OC(=O)CCCCCCCC/C=C\C/C=C\C/C=C\CCCCC. The van der Waals surface area contributed by atoms with Crippen molar-refractivity contribution in [3.05, 3.63) is 97.2 Å². The Kier molecular flexibility index (Phi) is 56.8. The van der Waals surface area contributed by atoms with Gasteiger partial charge in [-0.2, -0.15) is 0 Å². The van der Waals surface area contributed by atoms with Gasteiger partial charge in [0.15, 0.2) is 6.10 Å². The highest BCUT2D eigenvalue weighted by Crippen LogP contribution is 2.15. The lowest BCUT2D eigenvalue weighted by Gasteiger charge is -2.18. The molecular weight excluding hydrogens is 889 g/mol. The van der Waals surface area contributed by atoms with Gasteiger partial charge in [0.05, 0.1) is 0 Å². The number of hydrogen-bond donors (Lipinski definition) is 0. The van der Waals surface area contributed by atoms with Gasteiger partial charge < -0.3 is 14.2 Å². The van der Waals surface area contributed by atoms with E-state index in [1.807, 2.05) is 0 Å². The van der Waals surface area contributed by atoms with E-state index in [4.69, 9.17) is 14.2 Å². The number of rotatable bonds is 54. The summed E-state index contributed by atoms with van der Waals surface area (Å²) in [5.41, 5.74) is 0. The Labute approximate surface area is 445 Å². The topological polar surface area (TPSA) is 78.9 Å². The normalized spacial score (nSPS) is 12.8. The molecule has 0 heterocycles. The number of allylic oxidation sites excluding steroid dienone is 16. The van der Waals surface area contributed by atoms with E-state index in [9.17, 15) is 14.4 Å². The molecule has 0 saturated carbocycles. The Morgan fingerprint density at radius 3 is 0.917 bits per heavy atom. The largest absolute Gasteiger partial charge is 0.462 e. The van der Waals surface area contributed by atoms with Crippen molar-refractivity contribution in [3.8, 4) is 0 Å². The van der Waals surface area contributed by atoms with Gasteiger partial charge in [-0.25, -0.2) is 0 Å². The molecule has 0 spiro atoms. The molecule has 0 fully saturated rings. The molecule has 0 aromatic rings. The number of ether oxygens (including phenoxy) is 3. The number of hydrogen-bond acceptors (Lipinski definition) is 6. The molecule has 0 aromatic carbocycles. The highest BCUT2D eigenvalue weighted by molar-refractivity contribution is 5.71. The lowest BCUT2D eigenvalue weighted by atomic mass is 10.0. The molecule has 0 saturated heterocycles. The lowest BCUT2D eigenvalue weighted by Crippen LogP contribution is -2.30. The zero-order valence-corrected chi connectivity index (χ0v) is 47.2. The van der Waals surface area contributed by atoms with Gasteiger partial charge in [-0.15, -0.1) is 0 Å². The third kappa shape index (κ3) is 57.2. The molecule has 0 N–H and O–H groups in total. The van der Waals surface area contributed by atoms with Crippen LogP contribution in [-0.2, 0) is 28.6 Å². The Morgan fingerprint density at radius 2 is 0.569 bits per heavy atom. The van der Waals surface area contributed by atoms with E-state index in [0.29, 0.717) is 19.3 Å². The second-order valence-electron chi connectivity index (χ2n) is 19.9. The third-order valence-electron chi connectivity index (χ3n) is 12.8. The Morgan fingerprint density at radius 1 is 0.292 bits per heavy atom. The van der Waals surface area contributed by atoms with Crippen LogP contribution in [0.1, 0.15) is 284 Å². The summed E-state index contributed by atoms with van der Waals surface area (Å²) in [5.74, 6) is -0.907. The van der Waals surface area contributed by atoms with Crippen LogP contribution < -0.4 is 0 Å². The van der Waals surface area contributed by atoms with Gasteiger partial charge in [0.25, 0.3) is 0 Å². The summed E-state index contributed by atoms with van der Waals surface area (Å²) in [6.45, 7) is 6.43. The van der Waals surface area contributed by atoms with Crippen molar-refractivity contribution in [2.24, 2.45) is 0 Å². The van der Waals surface area contributed by atoms with Gasteiger partial charge in [0.2, 0.25) is 0 Å². The zero-order valence-electron chi connectivity index (χ0n) is 47.2. The maximum Gasteiger partial charge on any atom is 0.306 e. The van der Waals surface area contributed by atoms with Crippen molar-refractivity contribution in [1.82, 2.24) is 0 Å². The predicted octanol–water partition coefficient (Wildman–Crippen LogP) is 20.5. The molecule has 0 amide bonds. The fourth-order valence-corrected chi connectivity index (χ4v) is 8.27. The van der Waals surface area contributed by atoms with E-state index in [1.54, 1.807) is 0 Å². The van der Waals surface area contributed by atoms with E-state index in [1.165, 1.54) is 122 Å². The molecule has 1 atom stereocenters. The first kappa shape index (κ1) is 68.3. The van der Waals surface area contributed by atoms with Crippen LogP contribution in [0.2, 0.25) is 0 Å². The lowest BCUT2D eigenvalue weighted by molar-refractivity contribution is -0.167. The van der Waals surface area contributed by atoms with Gasteiger partial charge in [-0.1, -0.05) is 246 Å². The van der Waals surface area contributed by atoms with Crippen LogP contribution >= 0.6 is 0 Å². The monoisotopic (exact) mass is 1000 g/mol. The zero-order chi connectivity index (χ0) is 52.2. The smallest absolute Gasteiger partial charge is 0.306 e. The molecule has 0 rings (SSSR count). The van der Waals surface area contributed by atoms with Crippen LogP contribution in [0.15, 0.2) is 97.2 Å². The fraction of sp³-hybridized carbons (Fsp3) is 0.712. The number of carbonyl (C=O) groups is 3. The van der Waals surface area contributed by atoms with E-state index in [-0.39, 0.29) is 31.1 Å². The number of carbonyl (C=O) groups excluding carboxylic acids is 3. The van der Waals surface area contributed by atoms with E-state index in [0.717, 1.165) is 122 Å². The van der Waals surface area contributed by atoms with Crippen LogP contribution in [0.25, 0.3) is 0 Å². The number of unbranched alkanes of at least 4 members (excludes halogenated alkanes) is 27. The first-order valence-corrected chi connectivity index (χ1v) is 30.2. The van der Waals surface area contributed by atoms with Crippen LogP contribution in [0.3, 0.4) is 0 Å². The molecule has 0 radical (unpaired) electrons. The molecule has 412 valence electrons. The first-order valence-electron chi connectivity index (χ1n) is 30.2. The molecular formula is C66H112O6. The van der Waals surface area contributed by atoms with Gasteiger partial charge in [0, 0.05) is 19.3 Å². The minimum atomic E-state index is -0.789. The van der Waals surface area contributed by atoms with Gasteiger partial charge in [-0.05, 0) is 116 Å². The van der Waals surface area contributed by atoms with Gasteiger partial charge in [-0.3, -0.25) is 14.4 Å². The van der Waals surface area contributed by atoms with Gasteiger partial charge >= 0.3 is 17.9 Å². The van der Waals surface area contributed by atoms with Crippen LogP contribution in [-0.4, -0.2) is 37.2 Å². The molecule has 1 unspecified atom stereocenters. The van der Waals surface area contributed by atoms with Crippen LogP contribution in [0.4, 0.5) is 0 Å². The summed E-state index contributed by atoms with van der Waals surface area (Å²) < 4.78 is 16.9. The Hall–Kier alpha value is -3.67. The van der Waals surface area contributed by atoms with Crippen LogP contribution in [0, 0.1) is 0 Å². The molecule has 72 heavy (non-hydrogen) atoms. The molecule has 0 aromatic heterocycles. The van der Waals surface area contributed by atoms with Crippen molar-refractivity contribution in [1.29, 1.82) is 0 Å². The quantitative estimate of drug-likeness (QED) is 0.0261. The van der Waals surface area contributed by atoms with Crippen molar-refractivity contribution in [2.45, 2.75) is 290 Å². The predicted molar refractivity (Wildman–Crippen MR) is 311 cm³/mol. The molecule has 0 bridgehead atoms. The molecule has 0 aliphatic rings. The molecule has 0 aliphatic carbocycles. The Bertz CT molecular complexity index is 1430. The van der Waals surface area contributed by atoms with E-state index >= 15 is 0 Å². The standard InChI is InChI=1S/C66H112O6/c1-4-7-10-13-16-19-22-24-26-28-30-31-32-33-34-35-37-38-40-42-44-47-50-53-56-59-65(68)71-62-63(61-70-64(67)58-55-52-49-46-21-18-15-12-9-6-3)72-66(69)60-57-54-51-48-45-43-41-39-36-29-27-25-23-20-17-14-11-8-5-2/h7,10,12,15-17,19-20,24-27,30-31,36,39,63H,4-6,8-9,11,13-14,18,21-23,28-29,32-35,37-38,40-62H2,1-3H3/b10-7-,15-12-,19-16-,20-17-,26-24-,27-25-,31-30-,39-36-. The van der Waals surface area contributed by atoms with Crippen LogP contribution in [0.5, 0.6) is 0 Å². The number of esters is 3. The summed E-state index contributed by atoms with van der Waals surface area (Å²) in [4.78, 5) is 38.2. The fourth-order valence-electron chi connectivity index (χ4n) is 8.27. The third-order valence-corrected chi connectivity index (χ3v) is 12.8. The summed E-state index contributed by atoms with van der Waals surface area (Å²) >= 11 is 0. The van der Waals surface area contributed by atoms with Gasteiger partial charge in [0.1, 0.15) is 13.2 Å². The molecule has 0 aliphatic heterocycles. The van der Waals surface area contributed by atoms with Crippen molar-refractivity contribution in [2.75, 3.05) is 13.2 Å². The highest BCUT2D eigenvalue weighted by Gasteiger charge is 2.19. The van der Waals surface area contributed by atoms with Crippen molar-refractivity contribution >= 4 is 17.9 Å². The summed E-state index contributed by atoms with van der Waals surface area (Å²) in [6.07, 6.45) is 79.8. The molecule has 6 heteroatoms. The first-order chi connectivity index (χ1) is 35.5. The summed E-state index contributed by atoms with van der Waals surface area (Å²) in [7, 11) is 0. The van der Waals surface area contributed by atoms with Crippen molar-refractivity contribution in [3.63, 3.8) is 0 Å². The Balaban J connectivity index is 4.28. The second-order valence-corrected chi connectivity index (χ2v) is 19.9. The average molecular weight is 1000 g/mol. The second kappa shape index (κ2) is 59.9. The molecule has 6 nitrogen and oxygen atoms in total. The summed E-state index contributed by atoms with van der Waals surface area (Å²) in [5, 5.41) is 0. The maximum atomic E-state index is 12.9. The summed E-state index contributed by atoms with van der Waals surface area (Å²) in [6, 6.07) is 0. The van der Waals surface area contributed by atoms with E-state index in [2.05, 4.69) is 118 Å². The minimum Gasteiger partial charge on any atom is -0.462 e.